The van der Waals surface area contributed by atoms with Crippen molar-refractivity contribution in [2.75, 3.05) is 19.4 Å². The first kappa shape index (κ1) is 18.8. The lowest BCUT2D eigenvalue weighted by molar-refractivity contribution is -0.111. The summed E-state index contributed by atoms with van der Waals surface area (Å²) in [6.45, 7) is 0. The van der Waals surface area contributed by atoms with Crippen LogP contribution in [0.15, 0.2) is 71.6 Å². The van der Waals surface area contributed by atoms with Crippen LogP contribution in [0.4, 0.5) is 5.69 Å². The number of fused-ring (bicyclic) bond motifs is 1. The molecule has 1 N–H and O–H groups in total. The largest absolute Gasteiger partial charge is 0.323 e. The van der Waals surface area contributed by atoms with Crippen molar-refractivity contribution in [3.05, 3.63) is 72.4 Å². The van der Waals surface area contributed by atoms with Crippen molar-refractivity contribution in [2.24, 2.45) is 0 Å². The lowest BCUT2D eigenvalue weighted by atomic mass is 10.2. The van der Waals surface area contributed by atoms with Crippen LogP contribution in [0.3, 0.4) is 0 Å². The van der Waals surface area contributed by atoms with Gasteiger partial charge in [-0.05, 0) is 42.5 Å². The number of rotatable bonds is 5. The molecule has 1 heterocycles. The predicted octanol–water partition coefficient (Wildman–Crippen LogP) is 3.14. The van der Waals surface area contributed by atoms with Crippen molar-refractivity contribution < 1.29 is 13.2 Å². The molecule has 0 spiro atoms. The summed E-state index contributed by atoms with van der Waals surface area (Å²) in [6, 6.07) is 17.6. The minimum atomic E-state index is -3.49. The number of carbonyl (C=O) groups is 1. The fraction of sp³-hybridized carbons (Fsp3) is 0.100. The quantitative estimate of drug-likeness (QED) is 0.689. The number of para-hydroxylation sites is 1. The Morgan fingerprint density at radius 2 is 1.70 bits per heavy atom. The SMILES string of the molecule is CN(C)S(=O)(=O)c1ccc(NC(=O)/C=C/c2ccc3ccccc3n2)cc1. The van der Waals surface area contributed by atoms with Crippen molar-refractivity contribution in [3.8, 4) is 0 Å². The second kappa shape index (κ2) is 7.69. The van der Waals surface area contributed by atoms with Gasteiger partial charge in [0, 0.05) is 31.2 Å². The van der Waals surface area contributed by atoms with E-state index in [2.05, 4.69) is 10.3 Å². The van der Waals surface area contributed by atoms with Crippen molar-refractivity contribution >= 4 is 38.6 Å². The number of pyridine rings is 1. The number of nitrogens with zero attached hydrogens (tertiary/aromatic N) is 2. The fourth-order valence-electron chi connectivity index (χ4n) is 2.44. The standard InChI is InChI=1S/C20H19N3O3S/c1-23(2)27(25,26)18-12-9-17(10-13-18)22-20(24)14-11-16-8-7-15-5-3-4-6-19(15)21-16/h3-14H,1-2H3,(H,22,24)/b14-11+. The van der Waals surface area contributed by atoms with Crippen LogP contribution in [0.5, 0.6) is 0 Å². The summed E-state index contributed by atoms with van der Waals surface area (Å²) in [7, 11) is -0.550. The van der Waals surface area contributed by atoms with Gasteiger partial charge in [-0.2, -0.15) is 0 Å². The van der Waals surface area contributed by atoms with E-state index in [1.807, 2.05) is 36.4 Å². The molecule has 7 heteroatoms. The highest BCUT2D eigenvalue weighted by atomic mass is 32.2. The first-order chi connectivity index (χ1) is 12.9. The normalized spacial score (nSPS) is 12.0. The van der Waals surface area contributed by atoms with Gasteiger partial charge in [0.15, 0.2) is 0 Å². The number of sulfonamides is 1. The van der Waals surface area contributed by atoms with Crippen LogP contribution in [-0.2, 0) is 14.8 Å². The third-order valence-electron chi connectivity index (χ3n) is 3.93. The number of nitrogens with one attached hydrogen (secondary N) is 1. The highest BCUT2D eigenvalue weighted by Crippen LogP contribution is 2.17. The van der Waals surface area contributed by atoms with Gasteiger partial charge in [-0.3, -0.25) is 4.79 Å². The minimum absolute atomic E-state index is 0.168. The van der Waals surface area contributed by atoms with Crippen LogP contribution in [0, 0.1) is 0 Å². The van der Waals surface area contributed by atoms with E-state index in [4.69, 9.17) is 0 Å². The van der Waals surface area contributed by atoms with Gasteiger partial charge in [0.05, 0.1) is 16.1 Å². The fourth-order valence-corrected chi connectivity index (χ4v) is 3.34. The summed E-state index contributed by atoms with van der Waals surface area (Å²) in [5.74, 6) is -0.326. The summed E-state index contributed by atoms with van der Waals surface area (Å²) >= 11 is 0. The second-order valence-electron chi connectivity index (χ2n) is 6.06. The second-order valence-corrected chi connectivity index (χ2v) is 8.22. The average molecular weight is 381 g/mol. The molecule has 0 radical (unpaired) electrons. The van der Waals surface area contributed by atoms with Crippen LogP contribution < -0.4 is 5.32 Å². The van der Waals surface area contributed by atoms with Gasteiger partial charge in [0.2, 0.25) is 15.9 Å². The maximum atomic E-state index is 12.1. The van der Waals surface area contributed by atoms with E-state index in [1.54, 1.807) is 18.2 Å². The molecule has 1 amide bonds. The monoisotopic (exact) mass is 381 g/mol. The van der Waals surface area contributed by atoms with Crippen LogP contribution in [-0.4, -0.2) is 37.7 Å². The molecule has 0 aliphatic heterocycles. The molecule has 0 unspecified atom stereocenters. The smallest absolute Gasteiger partial charge is 0.248 e. The Hall–Kier alpha value is -3.03. The van der Waals surface area contributed by atoms with Gasteiger partial charge in [-0.1, -0.05) is 24.3 Å². The molecule has 0 saturated carbocycles. The van der Waals surface area contributed by atoms with Crippen LogP contribution in [0.25, 0.3) is 17.0 Å². The zero-order valence-corrected chi connectivity index (χ0v) is 15.8. The van der Waals surface area contributed by atoms with E-state index >= 15 is 0 Å². The zero-order chi connectivity index (χ0) is 19.4. The lowest BCUT2D eigenvalue weighted by Gasteiger charge is -2.11. The summed E-state index contributed by atoms with van der Waals surface area (Å²) in [6.07, 6.45) is 3.02. The Morgan fingerprint density at radius 1 is 1.00 bits per heavy atom. The molecular formula is C20H19N3O3S. The maximum absolute atomic E-state index is 12.1. The van der Waals surface area contributed by atoms with Gasteiger partial charge in [0.1, 0.15) is 0 Å². The Labute approximate surface area is 158 Å². The number of benzene rings is 2. The maximum Gasteiger partial charge on any atom is 0.248 e. The molecule has 0 bridgehead atoms. The molecule has 3 rings (SSSR count). The molecule has 0 fully saturated rings. The molecule has 0 aliphatic rings. The number of hydrogen-bond donors (Lipinski definition) is 1. The van der Waals surface area contributed by atoms with Gasteiger partial charge < -0.3 is 5.32 Å². The summed E-state index contributed by atoms with van der Waals surface area (Å²) in [5, 5.41) is 3.73. The number of carbonyl (C=O) groups excluding carboxylic acids is 1. The average Bonchev–Trinajstić information content (AvgIpc) is 2.66. The van der Waals surface area contributed by atoms with E-state index in [1.165, 1.54) is 32.3 Å². The van der Waals surface area contributed by atoms with Crippen LogP contribution >= 0.6 is 0 Å². The van der Waals surface area contributed by atoms with Gasteiger partial charge in [-0.25, -0.2) is 17.7 Å². The molecule has 138 valence electrons. The van der Waals surface area contributed by atoms with Gasteiger partial charge in [-0.15, -0.1) is 0 Å². The molecule has 2 aromatic carbocycles. The number of anilines is 1. The van der Waals surface area contributed by atoms with E-state index < -0.39 is 10.0 Å². The molecule has 27 heavy (non-hydrogen) atoms. The van der Waals surface area contributed by atoms with Crippen molar-refractivity contribution in [1.29, 1.82) is 0 Å². The zero-order valence-electron chi connectivity index (χ0n) is 15.0. The molecule has 0 saturated heterocycles. The van der Waals surface area contributed by atoms with E-state index in [0.29, 0.717) is 11.4 Å². The molecule has 0 aliphatic carbocycles. The third-order valence-corrected chi connectivity index (χ3v) is 5.76. The highest BCUT2D eigenvalue weighted by Gasteiger charge is 2.16. The molecule has 1 aromatic heterocycles. The lowest BCUT2D eigenvalue weighted by Crippen LogP contribution is -2.22. The predicted molar refractivity (Wildman–Crippen MR) is 107 cm³/mol. The molecule has 0 atom stereocenters. The van der Waals surface area contributed by atoms with Crippen molar-refractivity contribution in [3.63, 3.8) is 0 Å². The van der Waals surface area contributed by atoms with Gasteiger partial charge >= 0.3 is 0 Å². The van der Waals surface area contributed by atoms with E-state index in [9.17, 15) is 13.2 Å². The summed E-state index contributed by atoms with van der Waals surface area (Å²) in [5.41, 5.74) is 2.04. The molecular weight excluding hydrogens is 362 g/mol. The van der Waals surface area contributed by atoms with Crippen molar-refractivity contribution in [1.82, 2.24) is 9.29 Å². The molecule has 6 nitrogen and oxygen atoms in total. The Kier molecular flexibility index (Phi) is 5.34. The Morgan fingerprint density at radius 3 is 2.41 bits per heavy atom. The number of hydrogen-bond acceptors (Lipinski definition) is 4. The van der Waals surface area contributed by atoms with E-state index in [-0.39, 0.29) is 10.8 Å². The molecule has 3 aromatic rings. The number of amides is 1. The van der Waals surface area contributed by atoms with Crippen LogP contribution in [0.1, 0.15) is 5.69 Å². The first-order valence-corrected chi connectivity index (χ1v) is 9.68. The van der Waals surface area contributed by atoms with Crippen LogP contribution in [0.2, 0.25) is 0 Å². The number of aromatic nitrogens is 1. The third kappa shape index (κ3) is 4.39. The van der Waals surface area contributed by atoms with Gasteiger partial charge in [0.25, 0.3) is 0 Å². The summed E-state index contributed by atoms with van der Waals surface area (Å²) in [4.78, 5) is 16.7. The van der Waals surface area contributed by atoms with E-state index in [0.717, 1.165) is 15.2 Å². The first-order valence-electron chi connectivity index (χ1n) is 8.24. The van der Waals surface area contributed by atoms with Crippen molar-refractivity contribution in [2.45, 2.75) is 4.90 Å². The Bertz CT molecular complexity index is 1100. The highest BCUT2D eigenvalue weighted by molar-refractivity contribution is 7.89. The Balaban J connectivity index is 1.68. The summed E-state index contributed by atoms with van der Waals surface area (Å²) < 4.78 is 25.2. The minimum Gasteiger partial charge on any atom is -0.323 e. The topological polar surface area (TPSA) is 79.4 Å².